The zero-order chi connectivity index (χ0) is 35.6. The molecule has 2 fully saturated rings. The molecule has 3 heterocycles. The normalized spacial score (nSPS) is 45.9. The molecule has 15 nitrogen and oxygen atoms in total. The Bertz CT molecular complexity index is 1200. The maximum atomic E-state index is 12.2. The molecule has 0 radical (unpaired) electrons. The maximum absolute atomic E-state index is 12.2. The Morgan fingerprint density at radius 1 is 0.896 bits per heavy atom. The molecule has 3 aliphatic heterocycles. The highest BCUT2D eigenvalue weighted by molar-refractivity contribution is 5.82. The molecular formula is C33H49NO14. The van der Waals surface area contributed by atoms with Gasteiger partial charge in [-0.15, -0.1) is 0 Å². The van der Waals surface area contributed by atoms with E-state index in [9.17, 15) is 50.4 Å². The molecule has 0 aromatic carbocycles. The maximum Gasteiger partial charge on any atom is 0.330 e. The molecule has 14 atom stereocenters. The Morgan fingerprint density at radius 2 is 1.54 bits per heavy atom. The number of nitrogens with two attached hydrogens (primary N) is 1. The molecule has 10 N–H and O–H groups in total. The minimum Gasteiger partial charge on any atom is -0.481 e. The number of aliphatic carboxylic acids is 1. The second-order valence-corrected chi connectivity index (χ2v) is 12.5. The third-order valence-electron chi connectivity index (χ3n) is 8.55. The standard InChI is InChI=1S/C33H49NO14/c1-18-9-7-5-3-4-6-8-10-21(47-32-30(41)29(34)25(39)17-45-32)14-26-28(31(42)43)24(38)16-33(44,48-26)15-20(35)13-23(37)22(36)11-12-27(40)46-19(18)2/h3-12,18-26,28-30,32,35-39,41,44H,13-17,34H2,1-2H3,(H,42,43)/b5-3+,6-4+,9-7+,10-8+,12-11+/t18-,19+,20-,21-,22+,23+,24-,25+,26-,28+,29-,30-,32-,33+/m0/s1. The van der Waals surface area contributed by atoms with Gasteiger partial charge in [0.2, 0.25) is 0 Å². The first-order valence-electron chi connectivity index (χ1n) is 15.9. The molecule has 3 rings (SSSR count). The molecule has 0 aromatic heterocycles. The van der Waals surface area contributed by atoms with Gasteiger partial charge in [0.25, 0.3) is 0 Å². The van der Waals surface area contributed by atoms with Crippen LogP contribution in [0.3, 0.4) is 0 Å². The van der Waals surface area contributed by atoms with Crippen molar-refractivity contribution in [1.29, 1.82) is 0 Å². The van der Waals surface area contributed by atoms with E-state index in [1.54, 1.807) is 43.4 Å². The molecule has 15 heteroatoms. The van der Waals surface area contributed by atoms with E-state index in [1.165, 1.54) is 6.08 Å². The van der Waals surface area contributed by atoms with Crippen LogP contribution in [-0.2, 0) is 28.5 Å². The van der Waals surface area contributed by atoms with Crippen molar-refractivity contribution in [2.24, 2.45) is 17.6 Å². The van der Waals surface area contributed by atoms with Crippen LogP contribution in [0, 0.1) is 11.8 Å². The van der Waals surface area contributed by atoms with E-state index in [4.69, 9.17) is 24.7 Å². The minimum atomic E-state index is -2.26. The van der Waals surface area contributed by atoms with Crippen molar-refractivity contribution < 1.29 is 69.4 Å². The van der Waals surface area contributed by atoms with E-state index in [-0.39, 0.29) is 18.9 Å². The molecule has 2 bridgehead atoms. The van der Waals surface area contributed by atoms with E-state index in [0.717, 1.165) is 12.2 Å². The molecule has 48 heavy (non-hydrogen) atoms. The Kier molecular flexibility index (Phi) is 15.1. The van der Waals surface area contributed by atoms with E-state index in [0.29, 0.717) is 0 Å². The summed E-state index contributed by atoms with van der Waals surface area (Å²) in [5, 5.41) is 84.1. The van der Waals surface area contributed by atoms with E-state index >= 15 is 0 Å². The number of carbonyl (C=O) groups is 2. The predicted octanol–water partition coefficient (Wildman–Crippen LogP) is -1.07. The summed E-state index contributed by atoms with van der Waals surface area (Å²) in [6.07, 6.45) is 0.335. The summed E-state index contributed by atoms with van der Waals surface area (Å²) in [6.45, 7) is 3.31. The van der Waals surface area contributed by atoms with Gasteiger partial charge in [0.15, 0.2) is 12.1 Å². The molecule has 270 valence electrons. The van der Waals surface area contributed by atoms with Gasteiger partial charge in [-0.2, -0.15) is 0 Å². The average Bonchev–Trinajstić information content (AvgIpc) is 2.99. The number of carbonyl (C=O) groups excluding carboxylic acids is 1. The van der Waals surface area contributed by atoms with Gasteiger partial charge in [-0.25, -0.2) is 4.79 Å². The number of ether oxygens (including phenoxy) is 4. The number of aliphatic hydroxyl groups is 7. The summed E-state index contributed by atoms with van der Waals surface area (Å²) in [6, 6.07) is -1.09. The molecule has 0 aromatic rings. The molecule has 0 spiro atoms. The van der Waals surface area contributed by atoms with Gasteiger partial charge in [-0.05, 0) is 13.0 Å². The predicted molar refractivity (Wildman–Crippen MR) is 168 cm³/mol. The molecule has 0 amide bonds. The Labute approximate surface area is 278 Å². The summed E-state index contributed by atoms with van der Waals surface area (Å²) in [5.41, 5.74) is 5.87. The number of carboxylic acid groups (broad SMARTS) is 1. The van der Waals surface area contributed by atoms with Crippen molar-refractivity contribution in [3.05, 3.63) is 60.8 Å². The summed E-state index contributed by atoms with van der Waals surface area (Å²) in [5.74, 6) is -6.14. The first-order chi connectivity index (χ1) is 22.6. The van der Waals surface area contributed by atoms with Crippen LogP contribution in [0.4, 0.5) is 0 Å². The fourth-order valence-corrected chi connectivity index (χ4v) is 5.61. The lowest BCUT2D eigenvalue weighted by Crippen LogP contribution is -2.59. The van der Waals surface area contributed by atoms with Crippen LogP contribution in [0.1, 0.15) is 39.5 Å². The largest absolute Gasteiger partial charge is 0.481 e. The molecule has 0 aliphatic carbocycles. The number of rotatable bonds is 3. The van der Waals surface area contributed by atoms with Gasteiger partial charge in [-0.3, -0.25) is 4.79 Å². The van der Waals surface area contributed by atoms with Crippen LogP contribution in [0.5, 0.6) is 0 Å². The second-order valence-electron chi connectivity index (χ2n) is 12.5. The highest BCUT2D eigenvalue weighted by atomic mass is 16.7. The lowest BCUT2D eigenvalue weighted by Gasteiger charge is -2.45. The van der Waals surface area contributed by atoms with Gasteiger partial charge in [0, 0.05) is 37.7 Å². The highest BCUT2D eigenvalue weighted by Crippen LogP contribution is 2.38. The van der Waals surface area contributed by atoms with Crippen LogP contribution < -0.4 is 5.73 Å². The second kappa shape index (κ2) is 18.3. The molecular weight excluding hydrogens is 634 g/mol. The number of carboxylic acids is 1. The van der Waals surface area contributed by atoms with Crippen molar-refractivity contribution in [3.8, 4) is 0 Å². The number of aliphatic hydroxyl groups excluding tert-OH is 6. The third kappa shape index (κ3) is 11.7. The van der Waals surface area contributed by atoms with Gasteiger partial charge >= 0.3 is 11.9 Å². The number of cyclic esters (lactones) is 1. The van der Waals surface area contributed by atoms with Crippen LogP contribution in [0.15, 0.2) is 60.8 Å². The van der Waals surface area contributed by atoms with Crippen molar-refractivity contribution in [2.45, 2.75) is 113 Å². The van der Waals surface area contributed by atoms with Gasteiger partial charge in [-0.1, -0.05) is 55.5 Å². The fourth-order valence-electron chi connectivity index (χ4n) is 5.61. The molecule has 0 saturated carbocycles. The molecule has 0 unspecified atom stereocenters. The minimum absolute atomic E-state index is 0.169. The van der Waals surface area contributed by atoms with E-state index in [1.807, 2.05) is 13.0 Å². The highest BCUT2D eigenvalue weighted by Gasteiger charge is 2.50. The first kappa shape index (κ1) is 39.6. The fraction of sp³-hybridized carbons (Fsp3) is 0.636. The molecule has 2 saturated heterocycles. The Balaban J connectivity index is 1.92. The number of allylic oxidation sites excluding steroid dienone is 6. The average molecular weight is 684 g/mol. The van der Waals surface area contributed by atoms with Gasteiger partial charge in [0.1, 0.15) is 18.1 Å². The van der Waals surface area contributed by atoms with Crippen molar-refractivity contribution in [3.63, 3.8) is 0 Å². The number of hydrogen-bond donors (Lipinski definition) is 9. The number of fused-ring (bicyclic) bond motifs is 2. The first-order valence-corrected chi connectivity index (χ1v) is 15.9. The van der Waals surface area contributed by atoms with Crippen molar-refractivity contribution in [1.82, 2.24) is 0 Å². The third-order valence-corrected chi connectivity index (χ3v) is 8.55. The zero-order valence-corrected chi connectivity index (χ0v) is 26.9. The number of esters is 1. The van der Waals surface area contributed by atoms with Crippen molar-refractivity contribution in [2.75, 3.05) is 6.61 Å². The van der Waals surface area contributed by atoms with E-state index < -0.39 is 110 Å². The van der Waals surface area contributed by atoms with Gasteiger partial charge < -0.3 is 65.5 Å². The summed E-state index contributed by atoms with van der Waals surface area (Å²) in [4.78, 5) is 24.5. The lowest BCUT2D eigenvalue weighted by molar-refractivity contribution is -0.305. The summed E-state index contributed by atoms with van der Waals surface area (Å²) < 4.78 is 22.5. The quantitative estimate of drug-likeness (QED) is 0.161. The topological polar surface area (TPSA) is 259 Å². The Hall–Kier alpha value is -2.80. The number of hydrogen-bond acceptors (Lipinski definition) is 14. The van der Waals surface area contributed by atoms with E-state index in [2.05, 4.69) is 0 Å². The van der Waals surface area contributed by atoms with Crippen LogP contribution in [-0.4, -0.2) is 132 Å². The lowest BCUT2D eigenvalue weighted by atomic mass is 9.82. The van der Waals surface area contributed by atoms with Gasteiger partial charge in [0.05, 0.1) is 55.4 Å². The smallest absolute Gasteiger partial charge is 0.330 e. The van der Waals surface area contributed by atoms with Crippen molar-refractivity contribution >= 4 is 11.9 Å². The summed E-state index contributed by atoms with van der Waals surface area (Å²) >= 11 is 0. The van der Waals surface area contributed by atoms with Crippen LogP contribution in [0.2, 0.25) is 0 Å². The Morgan fingerprint density at radius 3 is 2.21 bits per heavy atom. The monoisotopic (exact) mass is 683 g/mol. The van der Waals surface area contributed by atoms with Crippen LogP contribution in [0.25, 0.3) is 0 Å². The SMILES string of the molecule is C[C@H]1/C=C/C=C/C=C/C=C/[C@H](O[C@@H]2OC[C@@H](O)[C@H](N)[C@@H]2O)C[C@@H]2O[C@](O)(C[C@@H](O)C[C@@H](O)[C@H](O)/C=C/C(=O)O[C@@H]1C)C[C@H](O)[C@H]2C(=O)O. The van der Waals surface area contributed by atoms with Crippen LogP contribution >= 0.6 is 0 Å². The zero-order valence-electron chi connectivity index (χ0n) is 26.9. The molecule has 3 aliphatic rings. The summed E-state index contributed by atoms with van der Waals surface area (Å²) in [7, 11) is 0.